The van der Waals surface area contributed by atoms with Crippen molar-refractivity contribution >= 4 is 15.9 Å². The fourth-order valence-corrected chi connectivity index (χ4v) is 3.14. The second-order valence-corrected chi connectivity index (χ2v) is 7.52. The molecule has 0 aliphatic rings. The van der Waals surface area contributed by atoms with Crippen molar-refractivity contribution in [3.05, 3.63) is 17.7 Å². The minimum atomic E-state index is 0.169. The maximum atomic E-state index is 5.53. The molecule has 0 saturated heterocycles. The lowest BCUT2D eigenvalue weighted by Crippen LogP contribution is -2.18. The maximum absolute atomic E-state index is 5.53. The average Bonchev–Trinajstić information content (AvgIpc) is 2.44. The van der Waals surface area contributed by atoms with Crippen LogP contribution in [-0.4, -0.2) is 21.3 Å². The fourth-order valence-electron chi connectivity index (χ4n) is 2.12. The Kier molecular flexibility index (Phi) is 6.39. The van der Waals surface area contributed by atoms with Gasteiger partial charge in [-0.05, 0) is 17.8 Å². The van der Waals surface area contributed by atoms with Gasteiger partial charge >= 0.3 is 0 Å². The SMILES string of the molecule is COc1cc(OC)c(C(Br)CC(C)C(C)(C)C)c(OC)c1. The number of hydrogen-bond acceptors (Lipinski definition) is 3. The molecule has 0 bridgehead atoms. The molecule has 120 valence electrons. The third-order valence-electron chi connectivity index (χ3n) is 4.11. The molecule has 0 aliphatic carbocycles. The summed E-state index contributed by atoms with van der Waals surface area (Å²) < 4.78 is 16.4. The van der Waals surface area contributed by atoms with Crippen LogP contribution in [0.25, 0.3) is 0 Å². The van der Waals surface area contributed by atoms with Gasteiger partial charge in [0, 0.05) is 17.0 Å². The topological polar surface area (TPSA) is 27.7 Å². The lowest BCUT2D eigenvalue weighted by Gasteiger charge is -2.30. The lowest BCUT2D eigenvalue weighted by molar-refractivity contribution is 0.245. The van der Waals surface area contributed by atoms with Crippen molar-refractivity contribution in [1.82, 2.24) is 0 Å². The molecule has 3 nitrogen and oxygen atoms in total. The average molecular weight is 359 g/mol. The molecule has 0 aromatic heterocycles. The molecule has 0 heterocycles. The van der Waals surface area contributed by atoms with E-state index in [1.54, 1.807) is 21.3 Å². The number of halogens is 1. The standard InChI is InChI=1S/C17H27BrO3/c1-11(17(2,3)4)8-13(18)16-14(20-6)9-12(19-5)10-15(16)21-7/h9-11,13H,8H2,1-7H3. The Hall–Kier alpha value is -0.900. The van der Waals surface area contributed by atoms with Crippen LogP contribution < -0.4 is 14.2 Å². The highest BCUT2D eigenvalue weighted by atomic mass is 79.9. The molecule has 21 heavy (non-hydrogen) atoms. The molecule has 2 unspecified atom stereocenters. The quantitative estimate of drug-likeness (QED) is 0.652. The van der Waals surface area contributed by atoms with Gasteiger partial charge in [-0.25, -0.2) is 0 Å². The summed E-state index contributed by atoms with van der Waals surface area (Å²) in [6.45, 7) is 9.07. The molecule has 0 N–H and O–H groups in total. The van der Waals surface area contributed by atoms with Crippen molar-refractivity contribution in [2.75, 3.05) is 21.3 Å². The Morgan fingerprint density at radius 1 is 1.00 bits per heavy atom. The Balaban J connectivity index is 3.15. The third-order valence-corrected chi connectivity index (χ3v) is 4.94. The molecule has 0 spiro atoms. The van der Waals surface area contributed by atoms with Crippen molar-refractivity contribution in [1.29, 1.82) is 0 Å². The van der Waals surface area contributed by atoms with Crippen LogP contribution in [0.4, 0.5) is 0 Å². The number of rotatable bonds is 6. The monoisotopic (exact) mass is 358 g/mol. The summed E-state index contributed by atoms with van der Waals surface area (Å²) in [6, 6.07) is 3.79. The molecule has 4 heteroatoms. The van der Waals surface area contributed by atoms with E-state index < -0.39 is 0 Å². The number of hydrogen-bond donors (Lipinski definition) is 0. The first kappa shape index (κ1) is 18.1. The lowest BCUT2D eigenvalue weighted by atomic mass is 9.79. The van der Waals surface area contributed by atoms with Crippen LogP contribution in [0.2, 0.25) is 0 Å². The summed E-state index contributed by atoms with van der Waals surface area (Å²) in [4.78, 5) is 0.169. The van der Waals surface area contributed by atoms with E-state index in [9.17, 15) is 0 Å². The van der Waals surface area contributed by atoms with Crippen LogP contribution >= 0.6 is 15.9 Å². The number of alkyl halides is 1. The molecule has 1 aromatic rings. The molecule has 2 atom stereocenters. The number of benzene rings is 1. The van der Waals surface area contributed by atoms with Gasteiger partial charge in [0.2, 0.25) is 0 Å². The van der Waals surface area contributed by atoms with Gasteiger partial charge in [0.05, 0.1) is 26.9 Å². The zero-order valence-corrected chi connectivity index (χ0v) is 15.7. The van der Waals surface area contributed by atoms with Gasteiger partial charge in [-0.3, -0.25) is 0 Å². The Morgan fingerprint density at radius 2 is 1.48 bits per heavy atom. The van der Waals surface area contributed by atoms with Gasteiger partial charge in [-0.1, -0.05) is 43.6 Å². The van der Waals surface area contributed by atoms with Crippen LogP contribution in [0.15, 0.2) is 12.1 Å². The summed E-state index contributed by atoms with van der Waals surface area (Å²) in [6.07, 6.45) is 1.00. The predicted octanol–water partition coefficient (Wildman–Crippen LogP) is 5.22. The molecular formula is C17H27BrO3. The molecule has 0 fully saturated rings. The van der Waals surface area contributed by atoms with E-state index in [1.807, 2.05) is 12.1 Å². The molecule has 0 amide bonds. The fraction of sp³-hybridized carbons (Fsp3) is 0.647. The molecule has 0 saturated carbocycles. The highest BCUT2D eigenvalue weighted by Gasteiger charge is 2.27. The van der Waals surface area contributed by atoms with Gasteiger partial charge in [0.15, 0.2) is 0 Å². The van der Waals surface area contributed by atoms with Crippen LogP contribution in [0.1, 0.15) is 44.5 Å². The predicted molar refractivity (Wildman–Crippen MR) is 91.0 cm³/mol. The van der Waals surface area contributed by atoms with Crippen molar-refractivity contribution in [3.63, 3.8) is 0 Å². The minimum absolute atomic E-state index is 0.169. The van der Waals surface area contributed by atoms with Crippen LogP contribution in [0.5, 0.6) is 17.2 Å². The summed E-state index contributed by atoms with van der Waals surface area (Å²) in [5.74, 6) is 2.86. The van der Waals surface area contributed by atoms with Crippen molar-refractivity contribution in [2.24, 2.45) is 11.3 Å². The number of methoxy groups -OCH3 is 3. The van der Waals surface area contributed by atoms with Crippen LogP contribution in [0.3, 0.4) is 0 Å². The molecular weight excluding hydrogens is 332 g/mol. The Morgan fingerprint density at radius 3 is 1.81 bits per heavy atom. The summed E-state index contributed by atoms with van der Waals surface area (Å²) in [5, 5.41) is 0. The van der Waals surface area contributed by atoms with E-state index in [0.717, 1.165) is 29.2 Å². The second-order valence-electron chi connectivity index (χ2n) is 6.42. The van der Waals surface area contributed by atoms with Gasteiger partial charge < -0.3 is 14.2 Å². The van der Waals surface area contributed by atoms with E-state index in [-0.39, 0.29) is 10.2 Å². The molecule has 1 rings (SSSR count). The van der Waals surface area contributed by atoms with Gasteiger partial charge in [-0.2, -0.15) is 0 Å². The molecule has 1 aromatic carbocycles. The molecule has 0 aliphatic heterocycles. The first-order valence-electron chi connectivity index (χ1n) is 7.18. The second kappa shape index (κ2) is 7.39. The Bertz CT molecular complexity index is 441. The van der Waals surface area contributed by atoms with E-state index in [1.165, 1.54) is 0 Å². The highest BCUT2D eigenvalue weighted by Crippen LogP contribution is 2.46. The van der Waals surface area contributed by atoms with Gasteiger partial charge in [0.25, 0.3) is 0 Å². The van der Waals surface area contributed by atoms with Gasteiger partial charge in [-0.15, -0.1) is 0 Å². The third kappa shape index (κ3) is 4.53. The van der Waals surface area contributed by atoms with Crippen LogP contribution in [-0.2, 0) is 0 Å². The summed E-state index contributed by atoms with van der Waals surface area (Å²) in [7, 11) is 4.98. The summed E-state index contributed by atoms with van der Waals surface area (Å²) >= 11 is 3.81. The first-order chi connectivity index (χ1) is 9.74. The Labute approximate surface area is 137 Å². The maximum Gasteiger partial charge on any atom is 0.130 e. The number of ether oxygens (including phenoxy) is 3. The minimum Gasteiger partial charge on any atom is -0.496 e. The van der Waals surface area contributed by atoms with E-state index in [0.29, 0.717) is 5.92 Å². The summed E-state index contributed by atoms with van der Waals surface area (Å²) in [5.41, 5.74) is 1.30. The van der Waals surface area contributed by atoms with E-state index in [2.05, 4.69) is 43.6 Å². The van der Waals surface area contributed by atoms with Crippen molar-refractivity contribution < 1.29 is 14.2 Å². The zero-order valence-electron chi connectivity index (χ0n) is 14.1. The van der Waals surface area contributed by atoms with E-state index >= 15 is 0 Å². The smallest absolute Gasteiger partial charge is 0.130 e. The largest absolute Gasteiger partial charge is 0.496 e. The molecule has 0 radical (unpaired) electrons. The van der Waals surface area contributed by atoms with Crippen LogP contribution in [0, 0.1) is 11.3 Å². The first-order valence-corrected chi connectivity index (χ1v) is 8.10. The zero-order chi connectivity index (χ0) is 16.2. The van der Waals surface area contributed by atoms with Crippen molar-refractivity contribution in [2.45, 2.75) is 38.9 Å². The van der Waals surface area contributed by atoms with Gasteiger partial charge in [0.1, 0.15) is 17.2 Å². The highest BCUT2D eigenvalue weighted by molar-refractivity contribution is 9.09. The normalized spacial score (nSPS) is 14.5. The van der Waals surface area contributed by atoms with Crippen molar-refractivity contribution in [3.8, 4) is 17.2 Å². The van der Waals surface area contributed by atoms with E-state index in [4.69, 9.17) is 14.2 Å².